The van der Waals surface area contributed by atoms with Crippen LogP contribution < -0.4 is 5.32 Å². The minimum atomic E-state index is 0.651. The summed E-state index contributed by atoms with van der Waals surface area (Å²) in [4.78, 5) is 12.7. The Hall–Kier alpha value is -2.43. The molecule has 0 aliphatic rings. The summed E-state index contributed by atoms with van der Waals surface area (Å²) in [6.07, 6.45) is 3.12. The van der Waals surface area contributed by atoms with Gasteiger partial charge >= 0.3 is 0 Å². The molecular weight excluding hydrogens is 216 g/mol. The molecule has 0 radical (unpaired) electrons. The van der Waals surface area contributed by atoms with Crippen LogP contribution >= 0.6 is 0 Å². The summed E-state index contributed by atoms with van der Waals surface area (Å²) in [6.45, 7) is 0. The molecule has 1 N–H and O–H groups in total. The van der Waals surface area contributed by atoms with E-state index in [4.69, 9.17) is 4.42 Å². The van der Waals surface area contributed by atoms with Gasteiger partial charge in [0.15, 0.2) is 11.4 Å². The van der Waals surface area contributed by atoms with Gasteiger partial charge in [-0.05, 0) is 24.3 Å². The van der Waals surface area contributed by atoms with Gasteiger partial charge in [-0.25, -0.2) is 15.0 Å². The van der Waals surface area contributed by atoms with Crippen molar-refractivity contribution in [2.75, 3.05) is 12.4 Å². The van der Waals surface area contributed by atoms with Gasteiger partial charge in [-0.1, -0.05) is 0 Å². The summed E-state index contributed by atoms with van der Waals surface area (Å²) in [5.41, 5.74) is 1.42. The molecule has 0 unspecified atom stereocenters. The van der Waals surface area contributed by atoms with Crippen LogP contribution in [0.4, 0.5) is 5.82 Å². The van der Waals surface area contributed by atoms with Crippen molar-refractivity contribution in [2.45, 2.75) is 0 Å². The summed E-state index contributed by atoms with van der Waals surface area (Å²) in [5.74, 6) is 1.50. The third-order valence-electron chi connectivity index (χ3n) is 2.51. The largest absolute Gasteiger partial charge is 0.463 e. The predicted molar refractivity (Wildman–Crippen MR) is 64.6 cm³/mol. The van der Waals surface area contributed by atoms with Gasteiger partial charge in [-0.15, -0.1) is 0 Å². The van der Waals surface area contributed by atoms with Crippen molar-refractivity contribution in [3.63, 3.8) is 0 Å². The fraction of sp³-hybridized carbons (Fsp3) is 0.0833. The second-order valence-corrected chi connectivity index (χ2v) is 3.52. The van der Waals surface area contributed by atoms with Crippen molar-refractivity contribution in [2.24, 2.45) is 0 Å². The Morgan fingerprint density at radius 1 is 1.18 bits per heavy atom. The van der Waals surface area contributed by atoms with Gasteiger partial charge in [0.25, 0.3) is 0 Å². The summed E-state index contributed by atoms with van der Waals surface area (Å²) in [6, 6.07) is 7.53. The molecule has 17 heavy (non-hydrogen) atoms. The van der Waals surface area contributed by atoms with Gasteiger partial charge in [-0.2, -0.15) is 0 Å². The highest BCUT2D eigenvalue weighted by Gasteiger charge is 2.07. The van der Waals surface area contributed by atoms with Crippen molar-refractivity contribution >= 4 is 16.9 Å². The predicted octanol–water partition coefficient (Wildman–Crippen LogP) is 2.33. The van der Waals surface area contributed by atoms with Crippen LogP contribution in [-0.4, -0.2) is 22.0 Å². The highest BCUT2D eigenvalue weighted by atomic mass is 16.3. The van der Waals surface area contributed by atoms with Crippen LogP contribution in [0.1, 0.15) is 0 Å². The van der Waals surface area contributed by atoms with E-state index in [-0.39, 0.29) is 0 Å². The van der Waals surface area contributed by atoms with Crippen LogP contribution in [0.25, 0.3) is 22.5 Å². The minimum Gasteiger partial charge on any atom is -0.463 e. The van der Waals surface area contributed by atoms with Crippen molar-refractivity contribution in [3.05, 3.63) is 36.9 Å². The summed E-state index contributed by atoms with van der Waals surface area (Å²) < 4.78 is 5.30. The van der Waals surface area contributed by atoms with Crippen molar-refractivity contribution < 1.29 is 4.42 Å². The molecule has 0 aliphatic carbocycles. The first-order valence-electron chi connectivity index (χ1n) is 5.22. The van der Waals surface area contributed by atoms with Crippen molar-refractivity contribution in [1.82, 2.24) is 15.0 Å². The van der Waals surface area contributed by atoms with Gasteiger partial charge in [0.05, 0.1) is 11.6 Å². The quantitative estimate of drug-likeness (QED) is 0.726. The van der Waals surface area contributed by atoms with Crippen molar-refractivity contribution in [3.8, 4) is 11.5 Å². The molecule has 0 aromatic carbocycles. The molecule has 5 nitrogen and oxygen atoms in total. The number of anilines is 1. The third-order valence-corrected chi connectivity index (χ3v) is 2.51. The Morgan fingerprint density at radius 2 is 2.12 bits per heavy atom. The summed E-state index contributed by atoms with van der Waals surface area (Å²) in [7, 11) is 1.82. The van der Waals surface area contributed by atoms with Gasteiger partial charge in [0.2, 0.25) is 0 Å². The van der Waals surface area contributed by atoms with Crippen LogP contribution in [-0.2, 0) is 0 Å². The normalized spacial score (nSPS) is 10.6. The van der Waals surface area contributed by atoms with E-state index in [2.05, 4.69) is 20.3 Å². The van der Waals surface area contributed by atoms with E-state index in [1.165, 1.54) is 6.33 Å². The fourth-order valence-corrected chi connectivity index (χ4v) is 1.70. The maximum Gasteiger partial charge on any atom is 0.165 e. The minimum absolute atomic E-state index is 0.651. The molecule has 3 rings (SSSR count). The zero-order valence-electron chi connectivity index (χ0n) is 9.21. The Labute approximate surface area is 97.5 Å². The second-order valence-electron chi connectivity index (χ2n) is 3.52. The highest BCUT2D eigenvalue weighted by molar-refractivity contribution is 5.87. The van der Waals surface area contributed by atoms with Crippen LogP contribution in [0, 0.1) is 0 Å². The first-order valence-corrected chi connectivity index (χ1v) is 5.22. The second kappa shape index (κ2) is 3.86. The maximum atomic E-state index is 5.30. The number of rotatable bonds is 2. The maximum absolute atomic E-state index is 5.30. The lowest BCUT2D eigenvalue weighted by Gasteiger charge is -2.04. The molecule has 0 amide bonds. The van der Waals surface area contributed by atoms with E-state index in [1.54, 1.807) is 6.26 Å². The topological polar surface area (TPSA) is 63.8 Å². The monoisotopic (exact) mass is 226 g/mol. The van der Waals surface area contributed by atoms with Crippen LogP contribution in [0.2, 0.25) is 0 Å². The molecule has 3 aromatic heterocycles. The van der Waals surface area contributed by atoms with Gasteiger partial charge in [0, 0.05) is 7.05 Å². The molecular formula is C12H10N4O. The van der Waals surface area contributed by atoms with Crippen molar-refractivity contribution in [1.29, 1.82) is 0 Å². The summed E-state index contributed by atoms with van der Waals surface area (Å²) in [5, 5.41) is 3.90. The fourth-order valence-electron chi connectivity index (χ4n) is 1.70. The van der Waals surface area contributed by atoms with Crippen LogP contribution in [0.5, 0.6) is 0 Å². The van der Waals surface area contributed by atoms with E-state index < -0.39 is 0 Å². The lowest BCUT2D eigenvalue weighted by atomic mass is 10.2. The van der Waals surface area contributed by atoms with Crippen LogP contribution in [0.3, 0.4) is 0 Å². The van der Waals surface area contributed by atoms with E-state index in [9.17, 15) is 0 Å². The first kappa shape index (κ1) is 9.77. The van der Waals surface area contributed by atoms with Gasteiger partial charge < -0.3 is 9.73 Å². The molecule has 84 valence electrons. The lowest BCUT2D eigenvalue weighted by molar-refractivity contribution is 0.580. The number of nitrogens with zero attached hydrogens (tertiary/aromatic N) is 3. The highest BCUT2D eigenvalue weighted by Crippen LogP contribution is 2.22. The average molecular weight is 226 g/mol. The number of furan rings is 1. The van der Waals surface area contributed by atoms with E-state index >= 15 is 0 Å². The van der Waals surface area contributed by atoms with Gasteiger partial charge in [-0.3, -0.25) is 0 Å². The molecule has 0 fully saturated rings. The van der Waals surface area contributed by atoms with E-state index in [0.29, 0.717) is 5.65 Å². The Kier molecular flexibility index (Phi) is 2.22. The molecule has 0 saturated heterocycles. The number of aromatic nitrogens is 3. The van der Waals surface area contributed by atoms with E-state index in [1.807, 2.05) is 31.3 Å². The summed E-state index contributed by atoms with van der Waals surface area (Å²) >= 11 is 0. The molecule has 5 heteroatoms. The Bertz CT molecular complexity index is 649. The molecule has 0 aliphatic heterocycles. The zero-order valence-corrected chi connectivity index (χ0v) is 9.21. The molecule has 3 heterocycles. The Morgan fingerprint density at radius 3 is 2.88 bits per heavy atom. The molecule has 0 saturated carbocycles. The van der Waals surface area contributed by atoms with E-state index in [0.717, 1.165) is 22.7 Å². The number of nitrogens with one attached hydrogen (secondary N) is 1. The first-order chi connectivity index (χ1) is 8.38. The average Bonchev–Trinajstić information content (AvgIpc) is 2.91. The zero-order chi connectivity index (χ0) is 11.7. The Balaban J connectivity index is 2.21. The lowest BCUT2D eigenvalue weighted by Crippen LogP contribution is -1.96. The molecule has 0 atom stereocenters. The standard InChI is InChI=1S/C12H10N4O/c1-13-11-8-4-5-9(10-3-2-6-17-10)16-12(8)15-7-14-11/h2-7H,1H3,(H,13,14,15,16). The number of pyridine rings is 1. The smallest absolute Gasteiger partial charge is 0.165 e. The molecule has 0 spiro atoms. The van der Waals surface area contributed by atoms with Crippen LogP contribution in [0.15, 0.2) is 41.3 Å². The SMILES string of the molecule is CNc1ncnc2nc(-c3ccco3)ccc12. The van der Waals surface area contributed by atoms with Gasteiger partial charge in [0.1, 0.15) is 17.8 Å². The number of hydrogen-bond donors (Lipinski definition) is 1. The number of hydrogen-bond acceptors (Lipinski definition) is 5. The third kappa shape index (κ3) is 1.61. The molecule has 3 aromatic rings. The molecule has 0 bridgehead atoms. The number of fused-ring (bicyclic) bond motifs is 1.